The van der Waals surface area contributed by atoms with E-state index in [1.54, 1.807) is 0 Å². The van der Waals surface area contributed by atoms with Gasteiger partial charge in [0, 0.05) is 17.6 Å². The Bertz CT molecular complexity index is 531. The van der Waals surface area contributed by atoms with Crippen molar-refractivity contribution < 1.29 is 9.15 Å². The maximum Gasteiger partial charge on any atom is 0.134 e. The van der Waals surface area contributed by atoms with Gasteiger partial charge in [-0.05, 0) is 24.9 Å². The van der Waals surface area contributed by atoms with Crippen LogP contribution in [0.1, 0.15) is 38.5 Å². The second-order valence-corrected chi connectivity index (χ2v) is 5.59. The first-order valence-electron chi connectivity index (χ1n) is 7.50. The van der Waals surface area contributed by atoms with Crippen LogP contribution in [0.2, 0.25) is 0 Å². The topological polar surface area (TPSA) is 34.4 Å². The van der Waals surface area contributed by atoms with Crippen molar-refractivity contribution in [2.45, 2.75) is 40.3 Å². The molecule has 0 unspecified atom stereocenters. The summed E-state index contributed by atoms with van der Waals surface area (Å²) in [6.45, 7) is 9.67. The van der Waals surface area contributed by atoms with Gasteiger partial charge in [0.25, 0.3) is 0 Å². The third-order valence-electron chi connectivity index (χ3n) is 3.19. The van der Waals surface area contributed by atoms with E-state index in [0.29, 0.717) is 12.5 Å². The Hall–Kier alpha value is -1.32. The number of hydrogen-bond donors (Lipinski definition) is 1. The molecule has 20 heavy (non-hydrogen) atoms. The van der Waals surface area contributed by atoms with Gasteiger partial charge in [-0.1, -0.05) is 39.0 Å². The van der Waals surface area contributed by atoms with E-state index in [1.807, 2.05) is 18.2 Å². The molecule has 0 spiro atoms. The summed E-state index contributed by atoms with van der Waals surface area (Å²) in [6, 6.07) is 8.18. The van der Waals surface area contributed by atoms with Gasteiger partial charge in [0.05, 0.1) is 13.2 Å². The van der Waals surface area contributed by atoms with Crippen molar-refractivity contribution in [2.24, 2.45) is 5.92 Å². The second kappa shape index (κ2) is 7.46. The lowest BCUT2D eigenvalue weighted by Gasteiger charge is -2.08. The van der Waals surface area contributed by atoms with E-state index in [4.69, 9.17) is 9.15 Å². The van der Waals surface area contributed by atoms with Crippen molar-refractivity contribution in [1.29, 1.82) is 0 Å². The Morgan fingerprint density at radius 1 is 1.25 bits per heavy atom. The minimum absolute atomic E-state index is 0.551. The highest BCUT2D eigenvalue weighted by Crippen LogP contribution is 2.26. The highest BCUT2D eigenvalue weighted by atomic mass is 16.5. The molecule has 1 aromatic heterocycles. The zero-order valence-electron chi connectivity index (χ0n) is 12.7. The van der Waals surface area contributed by atoms with Gasteiger partial charge in [-0.15, -0.1) is 0 Å². The van der Waals surface area contributed by atoms with Crippen LogP contribution in [-0.2, 0) is 17.9 Å². The summed E-state index contributed by atoms with van der Waals surface area (Å²) >= 11 is 0. The number of ether oxygens (including phenoxy) is 1. The van der Waals surface area contributed by atoms with Crippen molar-refractivity contribution in [3.63, 3.8) is 0 Å². The van der Waals surface area contributed by atoms with Crippen molar-refractivity contribution in [2.75, 3.05) is 13.2 Å². The lowest BCUT2D eigenvalue weighted by molar-refractivity contribution is 0.0965. The predicted octanol–water partition coefficient (Wildman–Crippen LogP) is 4.11. The van der Waals surface area contributed by atoms with Gasteiger partial charge in [0.15, 0.2) is 0 Å². The molecular formula is C17H25NO2. The van der Waals surface area contributed by atoms with Gasteiger partial charge in [-0.2, -0.15) is 0 Å². The van der Waals surface area contributed by atoms with Crippen LogP contribution in [0, 0.1) is 5.92 Å². The first-order valence-corrected chi connectivity index (χ1v) is 7.50. The number of para-hydroxylation sites is 1. The molecule has 0 fully saturated rings. The average molecular weight is 275 g/mol. The second-order valence-electron chi connectivity index (χ2n) is 5.59. The maximum atomic E-state index is 5.96. The van der Waals surface area contributed by atoms with Crippen LogP contribution in [0.25, 0.3) is 11.0 Å². The fourth-order valence-corrected chi connectivity index (χ4v) is 2.23. The van der Waals surface area contributed by atoms with Gasteiger partial charge in [0.1, 0.15) is 11.3 Å². The normalized spacial score (nSPS) is 11.6. The molecule has 0 aliphatic heterocycles. The summed E-state index contributed by atoms with van der Waals surface area (Å²) in [5.74, 6) is 1.55. The maximum absolute atomic E-state index is 5.96. The van der Waals surface area contributed by atoms with Crippen molar-refractivity contribution in [3.05, 3.63) is 35.6 Å². The SMILES string of the molecule is CCCNCc1oc2ccccc2c1COCC(C)C. The smallest absolute Gasteiger partial charge is 0.134 e. The molecule has 0 atom stereocenters. The molecule has 0 saturated heterocycles. The molecule has 0 bridgehead atoms. The van der Waals surface area contributed by atoms with E-state index < -0.39 is 0 Å². The van der Waals surface area contributed by atoms with E-state index >= 15 is 0 Å². The highest BCUT2D eigenvalue weighted by molar-refractivity contribution is 5.82. The average Bonchev–Trinajstić information content (AvgIpc) is 2.77. The van der Waals surface area contributed by atoms with Gasteiger partial charge < -0.3 is 14.5 Å². The fraction of sp³-hybridized carbons (Fsp3) is 0.529. The van der Waals surface area contributed by atoms with Crippen LogP contribution in [0.4, 0.5) is 0 Å². The van der Waals surface area contributed by atoms with Crippen molar-refractivity contribution in [1.82, 2.24) is 5.32 Å². The van der Waals surface area contributed by atoms with Crippen LogP contribution >= 0.6 is 0 Å². The Balaban J connectivity index is 2.15. The monoisotopic (exact) mass is 275 g/mol. The number of benzene rings is 1. The standard InChI is InChI=1S/C17H25NO2/c1-4-9-18-10-17-15(12-19-11-13(2)3)14-7-5-6-8-16(14)20-17/h5-8,13,18H,4,9-12H2,1-3H3. The van der Waals surface area contributed by atoms with Crippen LogP contribution in [0.15, 0.2) is 28.7 Å². The van der Waals surface area contributed by atoms with Crippen LogP contribution in [0.3, 0.4) is 0 Å². The van der Waals surface area contributed by atoms with Crippen LogP contribution in [-0.4, -0.2) is 13.2 Å². The lowest BCUT2D eigenvalue weighted by atomic mass is 10.1. The summed E-state index contributed by atoms with van der Waals surface area (Å²) in [5.41, 5.74) is 2.13. The third-order valence-corrected chi connectivity index (χ3v) is 3.19. The Morgan fingerprint density at radius 3 is 2.80 bits per heavy atom. The van der Waals surface area contributed by atoms with Gasteiger partial charge >= 0.3 is 0 Å². The first kappa shape index (κ1) is 15.1. The number of fused-ring (bicyclic) bond motifs is 1. The van der Waals surface area contributed by atoms with Gasteiger partial charge in [-0.25, -0.2) is 0 Å². The molecule has 110 valence electrons. The predicted molar refractivity (Wildman–Crippen MR) is 82.7 cm³/mol. The highest BCUT2D eigenvalue weighted by Gasteiger charge is 2.13. The molecule has 1 N–H and O–H groups in total. The molecule has 1 heterocycles. The van der Waals surface area contributed by atoms with E-state index in [0.717, 1.165) is 37.5 Å². The van der Waals surface area contributed by atoms with Crippen molar-refractivity contribution >= 4 is 11.0 Å². The largest absolute Gasteiger partial charge is 0.459 e. The summed E-state index contributed by atoms with van der Waals surface area (Å²) in [6.07, 6.45) is 1.12. The third kappa shape index (κ3) is 3.84. The molecule has 0 aliphatic rings. The van der Waals surface area contributed by atoms with Gasteiger partial charge in [0.2, 0.25) is 0 Å². The van der Waals surface area contributed by atoms with E-state index in [9.17, 15) is 0 Å². The number of furan rings is 1. The summed E-state index contributed by atoms with van der Waals surface area (Å²) in [4.78, 5) is 0. The Labute approximate surface area is 121 Å². The summed E-state index contributed by atoms with van der Waals surface area (Å²) < 4.78 is 11.8. The quantitative estimate of drug-likeness (QED) is 0.736. The molecule has 1 aromatic carbocycles. The minimum Gasteiger partial charge on any atom is -0.459 e. The molecule has 3 heteroatoms. The van der Waals surface area contributed by atoms with Crippen LogP contribution in [0.5, 0.6) is 0 Å². The number of nitrogens with one attached hydrogen (secondary N) is 1. The fourth-order valence-electron chi connectivity index (χ4n) is 2.23. The molecule has 0 amide bonds. The molecule has 0 saturated carbocycles. The lowest BCUT2D eigenvalue weighted by Crippen LogP contribution is -2.14. The molecular weight excluding hydrogens is 250 g/mol. The van der Waals surface area contributed by atoms with Gasteiger partial charge in [-0.3, -0.25) is 0 Å². The minimum atomic E-state index is 0.551. The summed E-state index contributed by atoms with van der Waals surface area (Å²) in [5, 5.41) is 4.57. The van der Waals surface area contributed by atoms with E-state index in [-0.39, 0.29) is 0 Å². The number of rotatable bonds is 8. The molecule has 0 radical (unpaired) electrons. The Kier molecular flexibility index (Phi) is 5.62. The number of hydrogen-bond acceptors (Lipinski definition) is 3. The zero-order valence-corrected chi connectivity index (χ0v) is 12.7. The van der Waals surface area contributed by atoms with E-state index in [1.165, 1.54) is 10.9 Å². The zero-order chi connectivity index (χ0) is 14.4. The van der Waals surface area contributed by atoms with Crippen molar-refractivity contribution in [3.8, 4) is 0 Å². The van der Waals surface area contributed by atoms with E-state index in [2.05, 4.69) is 32.2 Å². The summed E-state index contributed by atoms with van der Waals surface area (Å²) in [7, 11) is 0. The Morgan fingerprint density at radius 2 is 2.05 bits per heavy atom. The molecule has 3 nitrogen and oxygen atoms in total. The molecule has 2 rings (SSSR count). The molecule has 0 aliphatic carbocycles. The molecule has 2 aromatic rings. The van der Waals surface area contributed by atoms with Crippen LogP contribution < -0.4 is 5.32 Å². The first-order chi connectivity index (χ1) is 9.72.